The van der Waals surface area contributed by atoms with Gasteiger partial charge in [-0.05, 0) is 64.6 Å². The van der Waals surface area contributed by atoms with Crippen molar-refractivity contribution in [3.8, 4) is 5.75 Å². The predicted molar refractivity (Wildman–Crippen MR) is 184 cm³/mol. The first-order chi connectivity index (χ1) is 22.0. The summed E-state index contributed by atoms with van der Waals surface area (Å²) in [7, 11) is 0. The van der Waals surface area contributed by atoms with E-state index in [1.54, 1.807) is 6.07 Å². The number of nitrogens with zero attached hydrogens (tertiary/aromatic N) is 1. The Morgan fingerprint density at radius 3 is 2.29 bits per heavy atom. The minimum Gasteiger partial charge on any atom is -0.489 e. The van der Waals surface area contributed by atoms with Gasteiger partial charge in [-0.2, -0.15) is 0 Å². The molecule has 45 heavy (non-hydrogen) atoms. The number of hydrogen-bond acceptors (Lipinski definition) is 2. The Hall–Kier alpha value is -4.51. The molecule has 6 aromatic rings. The molecule has 226 valence electrons. The zero-order chi connectivity index (χ0) is 31.0. The maximum Gasteiger partial charge on any atom is 0.220 e. The smallest absolute Gasteiger partial charge is 0.220 e. The number of rotatable bonds is 12. The summed E-state index contributed by atoms with van der Waals surface area (Å²) in [6.45, 7) is 1.68. The topological polar surface area (TPSA) is 43.3 Å². The van der Waals surface area contributed by atoms with Gasteiger partial charge in [-0.3, -0.25) is 4.79 Å². The lowest BCUT2D eigenvalue weighted by Gasteiger charge is -2.19. The number of aromatic nitrogens is 1. The van der Waals surface area contributed by atoms with Crippen molar-refractivity contribution in [2.24, 2.45) is 0 Å². The van der Waals surface area contributed by atoms with Crippen LogP contribution in [0, 0.1) is 0 Å². The summed E-state index contributed by atoms with van der Waals surface area (Å²) in [6.07, 6.45) is 3.11. The van der Waals surface area contributed by atoms with Crippen molar-refractivity contribution in [2.45, 2.75) is 31.9 Å². The standard InChI is InChI=1S/C39H34Cl2N2O2/c40-32-19-18-30(37(41)23-32)20-21-42-39(44)24-35(31-14-9-15-33(22-31)45-27-29-12-5-2-6-13-29)36-26-43(25-28-10-3-1-4-11-28)38-17-8-7-16-34(36)38/h1-19,22-23,26,35H,20-21,24-25,27H2,(H,42,44). The number of para-hydroxylation sites is 1. The van der Waals surface area contributed by atoms with Crippen molar-refractivity contribution in [3.05, 3.63) is 171 Å². The zero-order valence-electron chi connectivity index (χ0n) is 24.8. The molecule has 1 heterocycles. The number of fused-ring (bicyclic) bond motifs is 1. The van der Waals surface area contributed by atoms with Gasteiger partial charge >= 0.3 is 0 Å². The third kappa shape index (κ3) is 7.78. The van der Waals surface area contributed by atoms with Crippen molar-refractivity contribution in [3.63, 3.8) is 0 Å². The molecule has 6 heteroatoms. The second-order valence-corrected chi connectivity index (χ2v) is 12.0. The third-order valence-corrected chi connectivity index (χ3v) is 8.61. The molecular weight excluding hydrogens is 599 g/mol. The molecule has 5 aromatic carbocycles. The molecule has 0 saturated carbocycles. The minimum absolute atomic E-state index is 0.0272. The Kier molecular flexibility index (Phi) is 9.84. The molecule has 1 atom stereocenters. The summed E-state index contributed by atoms with van der Waals surface area (Å²) in [6, 6.07) is 42.6. The summed E-state index contributed by atoms with van der Waals surface area (Å²) in [4.78, 5) is 13.6. The monoisotopic (exact) mass is 632 g/mol. The van der Waals surface area contributed by atoms with E-state index in [1.807, 2.05) is 48.5 Å². The first-order valence-corrected chi connectivity index (χ1v) is 15.9. The van der Waals surface area contributed by atoms with E-state index in [0.29, 0.717) is 29.6 Å². The molecule has 0 radical (unpaired) electrons. The summed E-state index contributed by atoms with van der Waals surface area (Å²) in [5, 5.41) is 5.46. The van der Waals surface area contributed by atoms with Crippen LogP contribution in [0.15, 0.2) is 134 Å². The van der Waals surface area contributed by atoms with E-state index in [0.717, 1.165) is 45.5 Å². The molecule has 0 saturated heterocycles. The first-order valence-electron chi connectivity index (χ1n) is 15.1. The molecule has 1 amide bonds. The number of benzene rings is 5. The molecule has 0 aliphatic carbocycles. The van der Waals surface area contributed by atoms with Crippen LogP contribution in [-0.4, -0.2) is 17.0 Å². The van der Waals surface area contributed by atoms with Gasteiger partial charge < -0.3 is 14.6 Å². The average Bonchev–Trinajstić information content (AvgIpc) is 3.42. The highest BCUT2D eigenvalue weighted by atomic mass is 35.5. The number of halogens is 2. The van der Waals surface area contributed by atoms with Gasteiger partial charge in [0.1, 0.15) is 12.4 Å². The Labute approximate surface area is 274 Å². The summed E-state index contributed by atoms with van der Waals surface area (Å²) in [5.74, 6) is 0.555. The van der Waals surface area contributed by atoms with Crippen LogP contribution in [0.1, 0.15) is 40.2 Å². The third-order valence-electron chi connectivity index (χ3n) is 8.02. The Bertz CT molecular complexity index is 1890. The number of carbonyl (C=O) groups excluding carboxylic acids is 1. The van der Waals surface area contributed by atoms with Crippen LogP contribution in [0.4, 0.5) is 0 Å². The molecule has 1 N–H and O–H groups in total. The molecule has 0 bridgehead atoms. The molecule has 1 unspecified atom stereocenters. The van der Waals surface area contributed by atoms with Crippen LogP contribution in [-0.2, 0) is 24.4 Å². The van der Waals surface area contributed by atoms with Gasteiger partial charge in [-0.15, -0.1) is 0 Å². The molecule has 0 aliphatic heterocycles. The molecular formula is C39H34Cl2N2O2. The van der Waals surface area contributed by atoms with Gasteiger partial charge in [0.05, 0.1) is 0 Å². The van der Waals surface area contributed by atoms with Crippen molar-refractivity contribution < 1.29 is 9.53 Å². The highest BCUT2D eigenvalue weighted by molar-refractivity contribution is 6.35. The van der Waals surface area contributed by atoms with E-state index < -0.39 is 0 Å². The first kappa shape index (κ1) is 30.5. The van der Waals surface area contributed by atoms with Crippen LogP contribution in [0.3, 0.4) is 0 Å². The molecule has 1 aromatic heterocycles. The van der Waals surface area contributed by atoms with E-state index in [4.69, 9.17) is 27.9 Å². The lowest BCUT2D eigenvalue weighted by Crippen LogP contribution is -2.27. The maximum absolute atomic E-state index is 13.6. The molecule has 0 fully saturated rings. The van der Waals surface area contributed by atoms with Crippen molar-refractivity contribution in [1.82, 2.24) is 9.88 Å². The highest BCUT2D eigenvalue weighted by Crippen LogP contribution is 2.36. The molecule has 4 nitrogen and oxygen atoms in total. The van der Waals surface area contributed by atoms with Gasteiger partial charge in [0.2, 0.25) is 5.91 Å². The number of carbonyl (C=O) groups is 1. The lowest BCUT2D eigenvalue weighted by molar-refractivity contribution is -0.121. The number of ether oxygens (including phenoxy) is 1. The fraction of sp³-hybridized carbons (Fsp3) is 0.154. The Morgan fingerprint density at radius 2 is 1.51 bits per heavy atom. The van der Waals surface area contributed by atoms with Crippen LogP contribution < -0.4 is 10.1 Å². The van der Waals surface area contributed by atoms with E-state index in [9.17, 15) is 4.79 Å². The quantitative estimate of drug-likeness (QED) is 0.146. The van der Waals surface area contributed by atoms with Gasteiger partial charge in [0, 0.05) is 52.6 Å². The largest absolute Gasteiger partial charge is 0.489 e. The average molecular weight is 634 g/mol. The fourth-order valence-electron chi connectivity index (χ4n) is 5.75. The van der Waals surface area contributed by atoms with E-state index in [2.05, 4.69) is 88.9 Å². The van der Waals surface area contributed by atoms with Crippen molar-refractivity contribution >= 4 is 40.0 Å². The number of hydrogen-bond donors (Lipinski definition) is 1. The van der Waals surface area contributed by atoms with E-state index >= 15 is 0 Å². The van der Waals surface area contributed by atoms with Crippen molar-refractivity contribution in [1.29, 1.82) is 0 Å². The van der Waals surface area contributed by atoms with Gasteiger partial charge in [0.15, 0.2) is 0 Å². The lowest BCUT2D eigenvalue weighted by atomic mass is 9.88. The second kappa shape index (κ2) is 14.5. The van der Waals surface area contributed by atoms with Gasteiger partial charge in [-0.1, -0.05) is 120 Å². The molecule has 0 spiro atoms. The van der Waals surface area contributed by atoms with Crippen LogP contribution >= 0.6 is 23.2 Å². The maximum atomic E-state index is 13.6. The van der Waals surface area contributed by atoms with Gasteiger partial charge in [-0.25, -0.2) is 0 Å². The van der Waals surface area contributed by atoms with Crippen LogP contribution in [0.5, 0.6) is 5.75 Å². The summed E-state index contributed by atoms with van der Waals surface area (Å²) in [5.41, 5.74) is 6.54. The Morgan fingerprint density at radius 1 is 0.778 bits per heavy atom. The second-order valence-electron chi connectivity index (χ2n) is 11.2. The SMILES string of the molecule is O=C(CC(c1cccc(OCc2ccccc2)c1)c1cn(Cc2ccccc2)c2ccccc12)NCCc1ccc(Cl)cc1Cl. The molecule has 0 aliphatic rings. The number of nitrogens with one attached hydrogen (secondary N) is 1. The minimum atomic E-state index is -0.189. The molecule has 6 rings (SSSR count). The van der Waals surface area contributed by atoms with Crippen LogP contribution in [0.25, 0.3) is 10.9 Å². The summed E-state index contributed by atoms with van der Waals surface area (Å²) >= 11 is 12.4. The number of amides is 1. The Balaban J connectivity index is 1.29. The fourth-order valence-corrected chi connectivity index (χ4v) is 6.25. The van der Waals surface area contributed by atoms with Gasteiger partial charge in [0.25, 0.3) is 0 Å². The highest BCUT2D eigenvalue weighted by Gasteiger charge is 2.23. The van der Waals surface area contributed by atoms with E-state index in [1.165, 1.54) is 5.56 Å². The van der Waals surface area contributed by atoms with Crippen molar-refractivity contribution in [2.75, 3.05) is 6.54 Å². The zero-order valence-corrected chi connectivity index (χ0v) is 26.3. The normalized spacial score (nSPS) is 11.8. The van der Waals surface area contributed by atoms with E-state index in [-0.39, 0.29) is 18.2 Å². The predicted octanol–water partition coefficient (Wildman–Crippen LogP) is 9.46. The van der Waals surface area contributed by atoms with Crippen LogP contribution in [0.2, 0.25) is 10.0 Å². The summed E-state index contributed by atoms with van der Waals surface area (Å²) < 4.78 is 8.48.